The van der Waals surface area contributed by atoms with Crippen molar-refractivity contribution in [2.45, 2.75) is 61.3 Å². The monoisotopic (exact) mass is 516 g/mol. The molecular formula is C29H32N4O3S. The number of aliphatic hydroxyl groups is 1. The van der Waals surface area contributed by atoms with Crippen molar-refractivity contribution < 1.29 is 14.1 Å². The Hall–Kier alpha value is -3.10. The van der Waals surface area contributed by atoms with Gasteiger partial charge in [0.05, 0.1) is 24.0 Å². The van der Waals surface area contributed by atoms with E-state index in [2.05, 4.69) is 22.3 Å². The second-order valence-corrected chi connectivity index (χ2v) is 11.8. The van der Waals surface area contributed by atoms with Crippen LogP contribution in [0, 0.1) is 0 Å². The molecule has 2 N–H and O–H groups in total. The van der Waals surface area contributed by atoms with Gasteiger partial charge in [-0.1, -0.05) is 12.1 Å². The molecule has 2 unspecified atom stereocenters. The highest BCUT2D eigenvalue weighted by Crippen LogP contribution is 2.45. The van der Waals surface area contributed by atoms with E-state index in [1.807, 2.05) is 6.07 Å². The van der Waals surface area contributed by atoms with Gasteiger partial charge in [-0.3, -0.25) is 14.0 Å². The van der Waals surface area contributed by atoms with Crippen LogP contribution in [0.2, 0.25) is 0 Å². The van der Waals surface area contributed by atoms with Gasteiger partial charge in [0.25, 0.3) is 5.91 Å². The van der Waals surface area contributed by atoms with E-state index in [1.54, 1.807) is 36.6 Å². The van der Waals surface area contributed by atoms with Crippen LogP contribution >= 0.6 is 0 Å². The van der Waals surface area contributed by atoms with Crippen molar-refractivity contribution in [2.75, 3.05) is 24.3 Å². The molecule has 2 aliphatic carbocycles. The van der Waals surface area contributed by atoms with Gasteiger partial charge in [0.15, 0.2) is 0 Å². The summed E-state index contributed by atoms with van der Waals surface area (Å²) >= 11 is 0. The number of anilines is 2. The van der Waals surface area contributed by atoms with Crippen LogP contribution in [0.5, 0.6) is 0 Å². The minimum atomic E-state index is -1.08. The highest BCUT2D eigenvalue weighted by Gasteiger charge is 2.31. The average molecular weight is 517 g/mol. The zero-order valence-electron chi connectivity index (χ0n) is 21.0. The third-order valence-corrected chi connectivity index (χ3v) is 8.46. The molecule has 192 valence electrons. The number of hydrogen-bond acceptors (Lipinski definition) is 6. The summed E-state index contributed by atoms with van der Waals surface area (Å²) in [5, 5.41) is 12.8. The molecule has 8 heteroatoms. The van der Waals surface area contributed by atoms with Gasteiger partial charge in [0.2, 0.25) is 0 Å². The Balaban J connectivity index is 1.23. The molecule has 37 heavy (non-hydrogen) atoms. The maximum absolute atomic E-state index is 13.1. The number of fused-ring (bicyclic) bond motifs is 1. The minimum Gasteiger partial charge on any atom is -0.394 e. The first-order chi connectivity index (χ1) is 18.0. The molecule has 2 aromatic heterocycles. The van der Waals surface area contributed by atoms with Gasteiger partial charge < -0.3 is 15.3 Å². The number of aromatic nitrogens is 2. The standard InChI is InChI=1S/C29H32N4O3S/c1-37(36)22-10-8-20(9-11-22)27(17-34)32-29(35)24-12-13-28-23(30-24)3-2-14-33(28)21-15-25(18-4-5-18)31-26(16-21)19-6-7-19/h8-13,15-16,18-19,27,34H,2-7,14,17H2,1H3,(H,32,35). The summed E-state index contributed by atoms with van der Waals surface area (Å²) in [6, 6.07) is 14.8. The lowest BCUT2D eigenvalue weighted by Crippen LogP contribution is -2.32. The lowest BCUT2D eigenvalue weighted by atomic mass is 10.0. The topological polar surface area (TPSA) is 95.4 Å². The van der Waals surface area contributed by atoms with Crippen LogP contribution in [-0.4, -0.2) is 44.6 Å². The van der Waals surface area contributed by atoms with Crippen molar-refractivity contribution in [2.24, 2.45) is 0 Å². The van der Waals surface area contributed by atoms with Crippen molar-refractivity contribution in [1.82, 2.24) is 15.3 Å². The van der Waals surface area contributed by atoms with Crippen molar-refractivity contribution in [3.8, 4) is 0 Å². The highest BCUT2D eigenvalue weighted by molar-refractivity contribution is 7.84. The molecule has 0 radical (unpaired) electrons. The average Bonchev–Trinajstić information content (AvgIpc) is 3.84. The van der Waals surface area contributed by atoms with Gasteiger partial charge in [-0.15, -0.1) is 0 Å². The zero-order chi connectivity index (χ0) is 25.5. The van der Waals surface area contributed by atoms with Gasteiger partial charge in [-0.2, -0.15) is 0 Å². The lowest BCUT2D eigenvalue weighted by Gasteiger charge is -2.31. The van der Waals surface area contributed by atoms with Crippen molar-refractivity contribution in [1.29, 1.82) is 0 Å². The Morgan fingerprint density at radius 2 is 1.73 bits per heavy atom. The second-order valence-electron chi connectivity index (χ2n) is 10.4. The number of carbonyl (C=O) groups is 1. The van der Waals surface area contributed by atoms with Crippen molar-refractivity contribution in [3.05, 3.63) is 76.9 Å². The molecule has 2 atom stereocenters. The summed E-state index contributed by atoms with van der Waals surface area (Å²) in [4.78, 5) is 25.9. The molecule has 3 heterocycles. The molecule has 7 nitrogen and oxygen atoms in total. The smallest absolute Gasteiger partial charge is 0.270 e. The van der Waals surface area contributed by atoms with Crippen LogP contribution in [0.15, 0.2) is 53.4 Å². The fourth-order valence-corrected chi connectivity index (χ4v) is 5.61. The summed E-state index contributed by atoms with van der Waals surface area (Å²) in [5.41, 5.74) is 6.72. The third kappa shape index (κ3) is 5.18. The molecule has 1 aromatic carbocycles. The molecule has 1 amide bonds. The van der Waals surface area contributed by atoms with E-state index in [0.717, 1.165) is 36.3 Å². The van der Waals surface area contributed by atoms with Gasteiger partial charge in [-0.05, 0) is 80.5 Å². The Morgan fingerprint density at radius 3 is 2.32 bits per heavy atom. The number of nitrogens with zero attached hydrogens (tertiary/aromatic N) is 3. The van der Waals surface area contributed by atoms with Crippen molar-refractivity contribution in [3.63, 3.8) is 0 Å². The molecule has 3 aliphatic rings. The molecule has 0 spiro atoms. The van der Waals surface area contributed by atoms with E-state index in [0.29, 0.717) is 22.4 Å². The molecule has 6 rings (SSSR count). The van der Waals surface area contributed by atoms with Gasteiger partial charge in [0, 0.05) is 57.4 Å². The Morgan fingerprint density at radius 1 is 1.05 bits per heavy atom. The fourth-order valence-electron chi connectivity index (χ4n) is 5.09. The molecule has 0 saturated heterocycles. The number of nitrogens with one attached hydrogen (secondary N) is 1. The van der Waals surface area contributed by atoms with Crippen LogP contribution in [-0.2, 0) is 17.2 Å². The largest absolute Gasteiger partial charge is 0.394 e. The molecule has 2 saturated carbocycles. The first kappa shape index (κ1) is 24.2. The van der Waals surface area contributed by atoms with Crippen LogP contribution in [0.3, 0.4) is 0 Å². The zero-order valence-corrected chi connectivity index (χ0v) is 21.8. The summed E-state index contributed by atoms with van der Waals surface area (Å²) in [6.07, 6.45) is 8.33. The maximum atomic E-state index is 13.1. The second kappa shape index (κ2) is 9.99. The molecule has 2 fully saturated rings. The SMILES string of the molecule is CS(=O)c1ccc(C(CO)NC(=O)c2ccc3c(n2)CCCN3c2cc(C3CC3)nc(C3CC3)c2)cc1. The van der Waals surface area contributed by atoms with E-state index >= 15 is 0 Å². The van der Waals surface area contributed by atoms with Crippen LogP contribution < -0.4 is 10.2 Å². The minimum absolute atomic E-state index is 0.242. The van der Waals surface area contributed by atoms with Gasteiger partial charge in [0.1, 0.15) is 5.69 Å². The van der Waals surface area contributed by atoms with E-state index < -0.39 is 16.8 Å². The Kier molecular flexibility index (Phi) is 6.55. The highest BCUT2D eigenvalue weighted by atomic mass is 32.2. The van der Waals surface area contributed by atoms with E-state index in [4.69, 9.17) is 9.97 Å². The maximum Gasteiger partial charge on any atom is 0.270 e. The number of hydrogen-bond donors (Lipinski definition) is 2. The van der Waals surface area contributed by atoms with Crippen LogP contribution in [0.25, 0.3) is 0 Å². The molecule has 3 aromatic rings. The predicted molar refractivity (Wildman–Crippen MR) is 144 cm³/mol. The molecule has 1 aliphatic heterocycles. The van der Waals surface area contributed by atoms with E-state index in [9.17, 15) is 14.1 Å². The number of aliphatic hydroxyl groups excluding tert-OH is 1. The van der Waals surface area contributed by atoms with Gasteiger partial charge in [-0.25, -0.2) is 4.98 Å². The summed E-state index contributed by atoms with van der Waals surface area (Å²) in [7, 11) is -1.08. The van der Waals surface area contributed by atoms with E-state index in [-0.39, 0.29) is 12.5 Å². The van der Waals surface area contributed by atoms with Gasteiger partial charge >= 0.3 is 0 Å². The predicted octanol–water partition coefficient (Wildman–Crippen LogP) is 4.52. The number of rotatable bonds is 8. The fraction of sp³-hybridized carbons (Fsp3) is 0.414. The van der Waals surface area contributed by atoms with E-state index in [1.165, 1.54) is 42.8 Å². The summed E-state index contributed by atoms with van der Waals surface area (Å²) in [6.45, 7) is 0.678. The molecule has 0 bridgehead atoms. The summed E-state index contributed by atoms with van der Waals surface area (Å²) < 4.78 is 11.7. The Labute approximate surface area is 219 Å². The van der Waals surface area contributed by atoms with Crippen molar-refractivity contribution >= 4 is 28.1 Å². The number of pyridine rings is 2. The molecular weight excluding hydrogens is 484 g/mol. The first-order valence-corrected chi connectivity index (χ1v) is 14.7. The third-order valence-electron chi connectivity index (χ3n) is 7.52. The van der Waals surface area contributed by atoms with Crippen LogP contribution in [0.4, 0.5) is 11.4 Å². The number of amides is 1. The van der Waals surface area contributed by atoms with Crippen LogP contribution in [0.1, 0.15) is 83.1 Å². The number of aryl methyl sites for hydroxylation is 1. The normalized spacial score (nSPS) is 18.7. The lowest BCUT2D eigenvalue weighted by molar-refractivity contribution is 0.0911. The summed E-state index contributed by atoms with van der Waals surface area (Å²) in [5.74, 6) is 0.884. The Bertz CT molecular complexity index is 1320. The quantitative estimate of drug-likeness (QED) is 0.457. The number of benzene rings is 1. The first-order valence-electron chi connectivity index (χ1n) is 13.1. The number of carbonyl (C=O) groups excluding carboxylic acids is 1.